The molecule has 0 bridgehead atoms. The maximum absolute atomic E-state index is 5.66. The third-order valence-electron chi connectivity index (χ3n) is 3.63. The Morgan fingerprint density at radius 1 is 1.06 bits per heavy atom. The van der Waals surface area contributed by atoms with Gasteiger partial charge >= 0.3 is 0 Å². The van der Waals surface area contributed by atoms with Crippen LogP contribution in [0.25, 0.3) is 0 Å². The van der Waals surface area contributed by atoms with Crippen molar-refractivity contribution in [1.29, 1.82) is 0 Å². The fraction of sp³-hybridized carbons (Fsp3) is 0.571. The Bertz CT molecular complexity index is 374. The topological polar surface area (TPSA) is 30.5 Å². The van der Waals surface area contributed by atoms with E-state index in [1.165, 1.54) is 11.1 Å². The van der Waals surface area contributed by atoms with Crippen molar-refractivity contribution >= 4 is 0 Å². The summed E-state index contributed by atoms with van der Waals surface area (Å²) in [6, 6.07) is 9.50. The van der Waals surface area contributed by atoms with E-state index in [4.69, 9.17) is 9.47 Å². The molecule has 0 radical (unpaired) electrons. The molecule has 3 nitrogen and oxygen atoms in total. The molecule has 0 aliphatic carbocycles. The number of nitrogens with one attached hydrogen (secondary N) is 1. The van der Waals surface area contributed by atoms with Crippen LogP contribution in [0.15, 0.2) is 24.3 Å². The zero-order valence-corrected chi connectivity index (χ0v) is 10.0. The van der Waals surface area contributed by atoms with E-state index < -0.39 is 0 Å². The minimum absolute atomic E-state index is 0.350. The highest BCUT2D eigenvalue weighted by atomic mass is 16.5. The number of rotatable bonds is 2. The molecule has 0 saturated carbocycles. The number of ether oxygens (including phenoxy) is 2. The Morgan fingerprint density at radius 2 is 1.88 bits per heavy atom. The molecular formula is C14H19NO2. The third-order valence-corrected chi connectivity index (χ3v) is 3.63. The Hall–Kier alpha value is -0.900. The van der Waals surface area contributed by atoms with E-state index in [0.717, 1.165) is 39.3 Å². The second-order valence-corrected chi connectivity index (χ2v) is 4.82. The first kappa shape index (κ1) is 11.2. The van der Waals surface area contributed by atoms with Gasteiger partial charge in [0.05, 0.1) is 19.3 Å². The van der Waals surface area contributed by atoms with Gasteiger partial charge in [0.15, 0.2) is 0 Å². The van der Waals surface area contributed by atoms with Crippen LogP contribution in [-0.2, 0) is 16.1 Å². The van der Waals surface area contributed by atoms with E-state index in [1.807, 2.05) is 0 Å². The molecule has 1 N–H and O–H groups in total. The van der Waals surface area contributed by atoms with Crippen LogP contribution in [0, 0.1) is 0 Å². The van der Waals surface area contributed by atoms with Crippen LogP contribution in [0.4, 0.5) is 0 Å². The molecule has 0 spiro atoms. The third kappa shape index (κ3) is 2.51. The fourth-order valence-corrected chi connectivity index (χ4v) is 2.67. The normalized spacial score (nSPS) is 25.5. The van der Waals surface area contributed by atoms with E-state index in [1.54, 1.807) is 0 Å². The molecular weight excluding hydrogens is 214 g/mol. The number of benzene rings is 1. The van der Waals surface area contributed by atoms with E-state index in [0.29, 0.717) is 12.1 Å². The molecule has 0 aromatic heterocycles. The minimum Gasteiger partial charge on any atom is -0.381 e. The van der Waals surface area contributed by atoms with Gasteiger partial charge < -0.3 is 14.8 Å². The van der Waals surface area contributed by atoms with Crippen molar-refractivity contribution in [1.82, 2.24) is 5.32 Å². The average molecular weight is 233 g/mol. The SMILES string of the molecule is c1ccc2c(c1)COCC2NC1CCOCC1. The van der Waals surface area contributed by atoms with Crippen LogP contribution in [0.2, 0.25) is 0 Å². The zero-order chi connectivity index (χ0) is 11.5. The average Bonchev–Trinajstić information content (AvgIpc) is 2.40. The van der Waals surface area contributed by atoms with Crippen LogP contribution < -0.4 is 5.32 Å². The standard InChI is InChI=1S/C14H19NO2/c1-2-4-13-11(3-1)9-17-10-14(13)15-12-5-7-16-8-6-12/h1-4,12,14-15H,5-10H2. The molecule has 2 aliphatic rings. The van der Waals surface area contributed by atoms with Crippen LogP contribution >= 0.6 is 0 Å². The number of fused-ring (bicyclic) bond motifs is 1. The summed E-state index contributed by atoms with van der Waals surface area (Å²) in [4.78, 5) is 0. The lowest BCUT2D eigenvalue weighted by Crippen LogP contribution is -2.40. The van der Waals surface area contributed by atoms with Crippen molar-refractivity contribution in [3.63, 3.8) is 0 Å². The molecule has 1 aromatic rings. The predicted molar refractivity (Wildman–Crippen MR) is 65.8 cm³/mol. The van der Waals surface area contributed by atoms with Crippen molar-refractivity contribution in [2.45, 2.75) is 31.5 Å². The van der Waals surface area contributed by atoms with Crippen LogP contribution in [0.5, 0.6) is 0 Å². The lowest BCUT2D eigenvalue weighted by Gasteiger charge is -2.32. The molecule has 1 saturated heterocycles. The van der Waals surface area contributed by atoms with Crippen molar-refractivity contribution in [2.75, 3.05) is 19.8 Å². The molecule has 2 aliphatic heterocycles. The van der Waals surface area contributed by atoms with Gasteiger partial charge in [-0.3, -0.25) is 0 Å². The molecule has 92 valence electrons. The van der Waals surface area contributed by atoms with Gasteiger partial charge in [0.25, 0.3) is 0 Å². The molecule has 1 unspecified atom stereocenters. The Labute approximate surface area is 102 Å². The molecule has 3 heteroatoms. The van der Waals surface area contributed by atoms with Gasteiger partial charge in [-0.25, -0.2) is 0 Å². The second-order valence-electron chi connectivity index (χ2n) is 4.82. The predicted octanol–water partition coefficient (Wildman–Crippen LogP) is 2.03. The first-order valence-electron chi connectivity index (χ1n) is 6.43. The summed E-state index contributed by atoms with van der Waals surface area (Å²) >= 11 is 0. The first-order valence-corrected chi connectivity index (χ1v) is 6.43. The highest BCUT2D eigenvalue weighted by molar-refractivity contribution is 5.31. The monoisotopic (exact) mass is 233 g/mol. The molecule has 1 atom stereocenters. The van der Waals surface area contributed by atoms with Crippen molar-refractivity contribution in [3.05, 3.63) is 35.4 Å². The molecule has 2 heterocycles. The Kier molecular flexibility index (Phi) is 3.41. The molecule has 3 rings (SSSR count). The van der Waals surface area contributed by atoms with Gasteiger partial charge in [-0.05, 0) is 24.0 Å². The quantitative estimate of drug-likeness (QED) is 0.847. The summed E-state index contributed by atoms with van der Waals surface area (Å²) < 4.78 is 11.0. The van der Waals surface area contributed by atoms with Gasteiger partial charge in [-0.15, -0.1) is 0 Å². The largest absolute Gasteiger partial charge is 0.381 e. The zero-order valence-electron chi connectivity index (χ0n) is 10.0. The first-order chi connectivity index (χ1) is 8.43. The van der Waals surface area contributed by atoms with Gasteiger partial charge in [0, 0.05) is 19.3 Å². The maximum atomic E-state index is 5.66. The van der Waals surface area contributed by atoms with Crippen LogP contribution in [0.3, 0.4) is 0 Å². The summed E-state index contributed by atoms with van der Waals surface area (Å²) in [6.07, 6.45) is 2.22. The molecule has 1 fully saturated rings. The van der Waals surface area contributed by atoms with E-state index in [-0.39, 0.29) is 0 Å². The minimum atomic E-state index is 0.350. The molecule has 1 aromatic carbocycles. The summed E-state index contributed by atoms with van der Waals surface area (Å²) in [5, 5.41) is 3.71. The fourth-order valence-electron chi connectivity index (χ4n) is 2.67. The van der Waals surface area contributed by atoms with Crippen molar-refractivity contribution in [3.8, 4) is 0 Å². The van der Waals surface area contributed by atoms with E-state index in [9.17, 15) is 0 Å². The summed E-state index contributed by atoms with van der Waals surface area (Å²) in [7, 11) is 0. The summed E-state index contributed by atoms with van der Waals surface area (Å²) in [5.41, 5.74) is 2.73. The smallest absolute Gasteiger partial charge is 0.0721 e. The Balaban J connectivity index is 1.71. The van der Waals surface area contributed by atoms with Crippen LogP contribution in [-0.4, -0.2) is 25.9 Å². The number of hydrogen-bond donors (Lipinski definition) is 1. The van der Waals surface area contributed by atoms with Gasteiger partial charge in [0.1, 0.15) is 0 Å². The van der Waals surface area contributed by atoms with Gasteiger partial charge in [-0.1, -0.05) is 24.3 Å². The summed E-state index contributed by atoms with van der Waals surface area (Å²) in [5.74, 6) is 0. The number of hydrogen-bond acceptors (Lipinski definition) is 3. The lowest BCUT2D eigenvalue weighted by atomic mass is 9.97. The molecule has 0 amide bonds. The van der Waals surface area contributed by atoms with E-state index in [2.05, 4.69) is 29.6 Å². The van der Waals surface area contributed by atoms with E-state index >= 15 is 0 Å². The van der Waals surface area contributed by atoms with Crippen molar-refractivity contribution < 1.29 is 9.47 Å². The second kappa shape index (κ2) is 5.17. The van der Waals surface area contributed by atoms with Crippen molar-refractivity contribution in [2.24, 2.45) is 0 Å². The highest BCUT2D eigenvalue weighted by Crippen LogP contribution is 2.25. The Morgan fingerprint density at radius 3 is 2.76 bits per heavy atom. The van der Waals surface area contributed by atoms with Gasteiger partial charge in [0.2, 0.25) is 0 Å². The van der Waals surface area contributed by atoms with Crippen LogP contribution in [0.1, 0.15) is 30.0 Å². The maximum Gasteiger partial charge on any atom is 0.0721 e. The highest BCUT2D eigenvalue weighted by Gasteiger charge is 2.23. The van der Waals surface area contributed by atoms with Gasteiger partial charge in [-0.2, -0.15) is 0 Å². The summed E-state index contributed by atoms with van der Waals surface area (Å²) in [6.45, 7) is 3.30. The molecule has 17 heavy (non-hydrogen) atoms. The lowest BCUT2D eigenvalue weighted by molar-refractivity contribution is 0.0517.